The molecular formula is C10H21N. The molecule has 0 aliphatic heterocycles. The molecule has 0 aliphatic carbocycles. The van der Waals surface area contributed by atoms with Crippen LogP contribution in [0.25, 0.3) is 0 Å². The van der Waals surface area contributed by atoms with Crippen LogP contribution in [0, 0.1) is 0 Å². The molecule has 0 N–H and O–H groups in total. The van der Waals surface area contributed by atoms with Crippen LogP contribution in [-0.4, -0.2) is 25.0 Å². The van der Waals surface area contributed by atoms with Crippen molar-refractivity contribution < 1.29 is 0 Å². The fraction of sp³-hybridized carbons (Fsp3) is 0.800. The van der Waals surface area contributed by atoms with E-state index in [1.165, 1.54) is 31.4 Å². The van der Waals surface area contributed by atoms with Crippen LogP contribution in [-0.2, 0) is 0 Å². The van der Waals surface area contributed by atoms with Gasteiger partial charge in [-0.2, -0.15) is 0 Å². The summed E-state index contributed by atoms with van der Waals surface area (Å²) in [4.78, 5) is 2.33. The lowest BCUT2D eigenvalue weighted by Crippen LogP contribution is -2.21. The summed E-state index contributed by atoms with van der Waals surface area (Å²) in [7, 11) is 2.16. The largest absolute Gasteiger partial charge is 0.302 e. The van der Waals surface area contributed by atoms with E-state index in [0.717, 1.165) is 6.54 Å². The Morgan fingerprint density at radius 3 is 2.45 bits per heavy atom. The highest BCUT2D eigenvalue weighted by molar-refractivity contribution is 4.90. The van der Waals surface area contributed by atoms with Crippen LogP contribution in [0.15, 0.2) is 12.2 Å². The van der Waals surface area contributed by atoms with Crippen molar-refractivity contribution >= 4 is 0 Å². The normalized spacial score (nSPS) is 10.5. The maximum atomic E-state index is 3.88. The molecule has 0 aromatic carbocycles. The van der Waals surface area contributed by atoms with Gasteiger partial charge >= 0.3 is 0 Å². The Morgan fingerprint density at radius 1 is 1.36 bits per heavy atom. The molecule has 0 aromatic rings. The average molecular weight is 155 g/mol. The monoisotopic (exact) mass is 155 g/mol. The van der Waals surface area contributed by atoms with E-state index in [4.69, 9.17) is 0 Å². The fourth-order valence-electron chi connectivity index (χ4n) is 1.17. The lowest BCUT2D eigenvalue weighted by atomic mass is 10.2. The minimum atomic E-state index is 1.05. The zero-order valence-corrected chi connectivity index (χ0v) is 8.19. The summed E-state index contributed by atoms with van der Waals surface area (Å²) < 4.78 is 0. The van der Waals surface area contributed by atoms with E-state index in [1.54, 1.807) is 0 Å². The minimum Gasteiger partial charge on any atom is -0.302 e. The number of nitrogens with zero attached hydrogens (tertiary/aromatic N) is 1. The second-order valence-electron chi connectivity index (χ2n) is 3.40. The van der Waals surface area contributed by atoms with Gasteiger partial charge in [-0.1, -0.05) is 31.9 Å². The highest BCUT2D eigenvalue weighted by atomic mass is 15.1. The first-order valence-electron chi connectivity index (χ1n) is 4.49. The maximum Gasteiger partial charge on any atom is 0.0184 e. The van der Waals surface area contributed by atoms with Gasteiger partial charge in [0.1, 0.15) is 0 Å². The summed E-state index contributed by atoms with van der Waals surface area (Å²) >= 11 is 0. The average Bonchev–Trinajstić information content (AvgIpc) is 1.86. The van der Waals surface area contributed by atoms with Crippen molar-refractivity contribution in [2.45, 2.75) is 33.1 Å². The van der Waals surface area contributed by atoms with Crippen molar-refractivity contribution in [1.29, 1.82) is 0 Å². The summed E-state index contributed by atoms with van der Waals surface area (Å²) in [6, 6.07) is 0. The third kappa shape index (κ3) is 7.60. The van der Waals surface area contributed by atoms with Crippen LogP contribution < -0.4 is 0 Å². The van der Waals surface area contributed by atoms with Crippen molar-refractivity contribution in [2.24, 2.45) is 0 Å². The minimum absolute atomic E-state index is 1.05. The summed E-state index contributed by atoms with van der Waals surface area (Å²) in [6.07, 6.45) is 3.97. The van der Waals surface area contributed by atoms with Gasteiger partial charge in [-0.3, -0.25) is 0 Å². The van der Waals surface area contributed by atoms with Gasteiger partial charge in [0.05, 0.1) is 0 Å². The van der Waals surface area contributed by atoms with E-state index in [9.17, 15) is 0 Å². The third-order valence-corrected chi connectivity index (χ3v) is 1.68. The zero-order chi connectivity index (χ0) is 8.69. The molecule has 0 amide bonds. The van der Waals surface area contributed by atoms with Crippen molar-refractivity contribution in [3.05, 3.63) is 12.2 Å². The molecule has 0 aliphatic rings. The van der Waals surface area contributed by atoms with E-state index in [0.29, 0.717) is 0 Å². The Labute approximate surface area is 71.1 Å². The quantitative estimate of drug-likeness (QED) is 0.421. The number of likely N-dealkylation sites (N-methyl/N-ethyl adjacent to an activating group) is 1. The summed E-state index contributed by atoms with van der Waals surface area (Å²) in [5.41, 5.74) is 1.25. The molecule has 0 heterocycles. The van der Waals surface area contributed by atoms with E-state index in [-0.39, 0.29) is 0 Å². The molecule has 0 saturated carbocycles. The topological polar surface area (TPSA) is 3.24 Å². The predicted molar refractivity (Wildman–Crippen MR) is 51.8 cm³/mol. The Balaban J connectivity index is 3.22. The molecule has 66 valence electrons. The first-order valence-corrected chi connectivity index (χ1v) is 4.49. The van der Waals surface area contributed by atoms with E-state index >= 15 is 0 Å². The second-order valence-corrected chi connectivity index (χ2v) is 3.40. The van der Waals surface area contributed by atoms with Crippen LogP contribution in [0.5, 0.6) is 0 Å². The SMILES string of the molecule is C=C(C)CN(C)CCCCC. The lowest BCUT2D eigenvalue weighted by Gasteiger charge is -2.15. The number of rotatable bonds is 6. The van der Waals surface area contributed by atoms with Crippen molar-refractivity contribution in [1.82, 2.24) is 4.90 Å². The molecule has 11 heavy (non-hydrogen) atoms. The summed E-state index contributed by atoms with van der Waals surface area (Å²) in [6.45, 7) is 10.5. The maximum absolute atomic E-state index is 3.88. The molecule has 0 unspecified atom stereocenters. The molecule has 0 radical (unpaired) electrons. The van der Waals surface area contributed by atoms with Crippen LogP contribution >= 0.6 is 0 Å². The van der Waals surface area contributed by atoms with Crippen LogP contribution in [0.2, 0.25) is 0 Å². The van der Waals surface area contributed by atoms with Crippen LogP contribution in [0.3, 0.4) is 0 Å². The molecular weight excluding hydrogens is 134 g/mol. The third-order valence-electron chi connectivity index (χ3n) is 1.68. The summed E-state index contributed by atoms with van der Waals surface area (Å²) in [5.74, 6) is 0. The van der Waals surface area contributed by atoms with Gasteiger partial charge in [0, 0.05) is 6.54 Å². The molecule has 0 atom stereocenters. The van der Waals surface area contributed by atoms with Crippen LogP contribution in [0.4, 0.5) is 0 Å². The van der Waals surface area contributed by atoms with E-state index in [2.05, 4.69) is 32.4 Å². The van der Waals surface area contributed by atoms with Gasteiger partial charge in [-0.25, -0.2) is 0 Å². The number of hydrogen-bond donors (Lipinski definition) is 0. The van der Waals surface area contributed by atoms with Crippen molar-refractivity contribution in [2.75, 3.05) is 20.1 Å². The molecule has 0 aromatic heterocycles. The first-order chi connectivity index (χ1) is 5.16. The lowest BCUT2D eigenvalue weighted by molar-refractivity contribution is 0.351. The number of hydrogen-bond acceptors (Lipinski definition) is 1. The van der Waals surface area contributed by atoms with Gasteiger partial charge < -0.3 is 4.90 Å². The first kappa shape index (κ1) is 10.7. The highest BCUT2D eigenvalue weighted by Gasteiger charge is 1.96. The molecule has 1 nitrogen and oxygen atoms in total. The highest BCUT2D eigenvalue weighted by Crippen LogP contribution is 1.98. The smallest absolute Gasteiger partial charge is 0.0184 e. The number of unbranched alkanes of at least 4 members (excludes halogenated alkanes) is 2. The predicted octanol–water partition coefficient (Wildman–Crippen LogP) is 2.68. The Bertz CT molecular complexity index is 107. The standard InChI is InChI=1S/C10H21N/c1-5-6-7-8-11(4)9-10(2)3/h2,5-9H2,1,3-4H3. The molecule has 0 rings (SSSR count). The van der Waals surface area contributed by atoms with E-state index < -0.39 is 0 Å². The molecule has 0 saturated heterocycles. The van der Waals surface area contributed by atoms with Crippen molar-refractivity contribution in [3.63, 3.8) is 0 Å². The Morgan fingerprint density at radius 2 is 2.00 bits per heavy atom. The van der Waals surface area contributed by atoms with Gasteiger partial charge in [-0.15, -0.1) is 0 Å². The Hall–Kier alpha value is -0.300. The molecule has 1 heteroatoms. The van der Waals surface area contributed by atoms with Crippen molar-refractivity contribution in [3.8, 4) is 0 Å². The van der Waals surface area contributed by atoms with Gasteiger partial charge in [0.2, 0.25) is 0 Å². The zero-order valence-electron chi connectivity index (χ0n) is 8.19. The molecule has 0 bridgehead atoms. The van der Waals surface area contributed by atoms with Gasteiger partial charge in [0.25, 0.3) is 0 Å². The second kappa shape index (κ2) is 6.41. The fourth-order valence-corrected chi connectivity index (χ4v) is 1.17. The van der Waals surface area contributed by atoms with Gasteiger partial charge in [0.15, 0.2) is 0 Å². The van der Waals surface area contributed by atoms with E-state index in [1.807, 2.05) is 0 Å². The van der Waals surface area contributed by atoms with Crippen LogP contribution in [0.1, 0.15) is 33.1 Å². The van der Waals surface area contributed by atoms with Gasteiger partial charge in [-0.05, 0) is 26.9 Å². The Kier molecular flexibility index (Phi) is 6.24. The summed E-state index contributed by atoms with van der Waals surface area (Å²) in [5, 5.41) is 0. The molecule has 0 spiro atoms. The molecule has 0 fully saturated rings.